The Morgan fingerprint density at radius 2 is 1.82 bits per heavy atom. The highest BCUT2D eigenvalue weighted by atomic mass is 19.1. The molecule has 5 heteroatoms. The van der Waals surface area contributed by atoms with E-state index in [1.165, 1.54) is 12.1 Å². The molecule has 144 valence electrons. The lowest BCUT2D eigenvalue weighted by Gasteiger charge is -2.17. The summed E-state index contributed by atoms with van der Waals surface area (Å²) in [7, 11) is 1.77. The molecule has 0 bridgehead atoms. The van der Waals surface area contributed by atoms with E-state index in [0.29, 0.717) is 12.2 Å². The predicted octanol–water partition coefficient (Wildman–Crippen LogP) is 4.69. The van der Waals surface area contributed by atoms with Crippen molar-refractivity contribution in [2.45, 2.75) is 38.8 Å². The molecule has 28 heavy (non-hydrogen) atoms. The van der Waals surface area contributed by atoms with Crippen molar-refractivity contribution < 1.29 is 9.18 Å². The van der Waals surface area contributed by atoms with Gasteiger partial charge in [-0.1, -0.05) is 48.9 Å². The van der Waals surface area contributed by atoms with Crippen molar-refractivity contribution >= 4 is 5.91 Å². The molecule has 0 atom stereocenters. The van der Waals surface area contributed by atoms with Gasteiger partial charge in [0.25, 0.3) is 5.91 Å². The van der Waals surface area contributed by atoms with Gasteiger partial charge >= 0.3 is 0 Å². The summed E-state index contributed by atoms with van der Waals surface area (Å²) in [6.07, 6.45) is 4.20. The maximum atomic E-state index is 13.2. The van der Waals surface area contributed by atoms with Crippen molar-refractivity contribution in [2.24, 2.45) is 0 Å². The number of carbonyl (C=O) groups excluding carboxylic acids is 1. The third-order valence-electron chi connectivity index (χ3n) is 5.28. The minimum absolute atomic E-state index is 0.0860. The standard InChI is InChI=1S/C23H24FN3O/c1-26(16-17-11-13-19(24)14-12-17)23(28)21-20-10-6-3-7-15-27(20)22(25-21)18-8-4-2-5-9-18/h2,4-5,8-9,11-14H,3,6-7,10,15-16H2,1H3. The first-order valence-corrected chi connectivity index (χ1v) is 9.78. The van der Waals surface area contributed by atoms with E-state index >= 15 is 0 Å². The number of hydrogen-bond acceptors (Lipinski definition) is 2. The highest BCUT2D eigenvalue weighted by Crippen LogP contribution is 2.28. The fourth-order valence-electron chi connectivity index (χ4n) is 3.81. The summed E-state index contributed by atoms with van der Waals surface area (Å²) in [5, 5.41) is 0. The van der Waals surface area contributed by atoms with Gasteiger partial charge in [-0.25, -0.2) is 9.37 Å². The van der Waals surface area contributed by atoms with Gasteiger partial charge in [-0.05, 0) is 37.0 Å². The number of benzene rings is 2. The fourth-order valence-corrected chi connectivity index (χ4v) is 3.81. The number of nitrogens with zero attached hydrogens (tertiary/aromatic N) is 3. The molecule has 0 unspecified atom stereocenters. The van der Waals surface area contributed by atoms with Gasteiger partial charge in [-0.3, -0.25) is 4.79 Å². The lowest BCUT2D eigenvalue weighted by molar-refractivity contribution is 0.0778. The summed E-state index contributed by atoms with van der Waals surface area (Å²) in [5.74, 6) is 0.512. The molecule has 0 radical (unpaired) electrons. The van der Waals surface area contributed by atoms with Crippen molar-refractivity contribution in [1.82, 2.24) is 14.5 Å². The summed E-state index contributed by atoms with van der Waals surface area (Å²) in [6, 6.07) is 16.3. The van der Waals surface area contributed by atoms with E-state index in [4.69, 9.17) is 4.98 Å². The summed E-state index contributed by atoms with van der Waals surface area (Å²) in [6.45, 7) is 1.31. The highest BCUT2D eigenvalue weighted by molar-refractivity contribution is 5.94. The minimum Gasteiger partial charge on any atom is -0.336 e. The van der Waals surface area contributed by atoms with Crippen LogP contribution in [0.5, 0.6) is 0 Å². The molecule has 1 aliphatic rings. The Labute approximate surface area is 164 Å². The smallest absolute Gasteiger partial charge is 0.274 e. The van der Waals surface area contributed by atoms with Gasteiger partial charge in [-0.2, -0.15) is 0 Å². The molecule has 2 heterocycles. The number of aromatic nitrogens is 2. The average molecular weight is 377 g/mol. The van der Waals surface area contributed by atoms with Crippen LogP contribution in [0, 0.1) is 5.82 Å². The Bertz CT molecular complexity index is 964. The van der Waals surface area contributed by atoms with Crippen molar-refractivity contribution in [1.29, 1.82) is 0 Å². The predicted molar refractivity (Wildman–Crippen MR) is 107 cm³/mol. The van der Waals surface area contributed by atoms with Crippen LogP contribution in [0.4, 0.5) is 4.39 Å². The van der Waals surface area contributed by atoms with E-state index in [1.807, 2.05) is 30.3 Å². The lowest BCUT2D eigenvalue weighted by Crippen LogP contribution is -2.27. The molecule has 0 aliphatic carbocycles. The van der Waals surface area contributed by atoms with Crippen LogP contribution in [0.15, 0.2) is 54.6 Å². The zero-order chi connectivity index (χ0) is 19.5. The minimum atomic E-state index is -0.273. The molecule has 3 aromatic rings. The number of amides is 1. The van der Waals surface area contributed by atoms with Gasteiger partial charge in [0.05, 0.1) is 5.69 Å². The molecule has 0 saturated carbocycles. The quantitative estimate of drug-likeness (QED) is 0.662. The average Bonchev–Trinajstić information content (AvgIpc) is 2.90. The zero-order valence-corrected chi connectivity index (χ0v) is 16.1. The van der Waals surface area contributed by atoms with Crippen LogP contribution in [0.1, 0.15) is 41.0 Å². The first kappa shape index (κ1) is 18.4. The first-order valence-electron chi connectivity index (χ1n) is 9.78. The molecule has 1 amide bonds. The maximum Gasteiger partial charge on any atom is 0.274 e. The molecular formula is C23H24FN3O. The second-order valence-corrected chi connectivity index (χ2v) is 7.35. The zero-order valence-electron chi connectivity index (χ0n) is 16.1. The van der Waals surface area contributed by atoms with Crippen molar-refractivity contribution in [3.63, 3.8) is 0 Å². The molecule has 4 nitrogen and oxygen atoms in total. The topological polar surface area (TPSA) is 38.1 Å². The molecular weight excluding hydrogens is 353 g/mol. The Morgan fingerprint density at radius 1 is 1.07 bits per heavy atom. The lowest BCUT2D eigenvalue weighted by atomic mass is 10.1. The molecule has 0 N–H and O–H groups in total. The number of rotatable bonds is 4. The van der Waals surface area contributed by atoms with E-state index in [2.05, 4.69) is 4.57 Å². The van der Waals surface area contributed by atoms with Crippen LogP contribution in [0.3, 0.4) is 0 Å². The summed E-state index contributed by atoms with van der Waals surface area (Å²) < 4.78 is 15.4. The van der Waals surface area contributed by atoms with Crippen LogP contribution < -0.4 is 0 Å². The van der Waals surface area contributed by atoms with E-state index in [0.717, 1.165) is 54.9 Å². The number of halogens is 1. The molecule has 1 aromatic heterocycles. The maximum absolute atomic E-state index is 13.2. The SMILES string of the molecule is CN(Cc1ccc(F)cc1)C(=O)c1nc(-c2ccccc2)n2c1CCCCC2. The van der Waals surface area contributed by atoms with E-state index < -0.39 is 0 Å². The van der Waals surface area contributed by atoms with Crippen molar-refractivity contribution in [3.05, 3.63) is 77.4 Å². The normalized spacial score (nSPS) is 13.6. The third kappa shape index (κ3) is 3.70. The van der Waals surface area contributed by atoms with Gasteiger partial charge in [0, 0.05) is 25.7 Å². The molecule has 1 aliphatic heterocycles. The Hall–Kier alpha value is -2.95. The van der Waals surface area contributed by atoms with Crippen LogP contribution in [0.25, 0.3) is 11.4 Å². The Morgan fingerprint density at radius 3 is 2.57 bits per heavy atom. The first-order chi connectivity index (χ1) is 13.6. The van der Waals surface area contributed by atoms with Crippen LogP contribution >= 0.6 is 0 Å². The number of hydrogen-bond donors (Lipinski definition) is 0. The van der Waals surface area contributed by atoms with E-state index in [1.54, 1.807) is 24.1 Å². The van der Waals surface area contributed by atoms with Gasteiger partial charge in [-0.15, -0.1) is 0 Å². The Balaban J connectivity index is 1.67. The Kier molecular flexibility index (Phi) is 5.24. The molecule has 0 saturated heterocycles. The van der Waals surface area contributed by atoms with Gasteiger partial charge in [0.15, 0.2) is 0 Å². The third-order valence-corrected chi connectivity index (χ3v) is 5.28. The van der Waals surface area contributed by atoms with Crippen LogP contribution in [-0.4, -0.2) is 27.4 Å². The molecule has 0 fully saturated rings. The summed E-state index contributed by atoms with van der Waals surface area (Å²) in [4.78, 5) is 19.7. The second kappa shape index (κ2) is 7.97. The largest absolute Gasteiger partial charge is 0.336 e. The monoisotopic (exact) mass is 377 g/mol. The van der Waals surface area contributed by atoms with Gasteiger partial charge < -0.3 is 9.47 Å². The van der Waals surface area contributed by atoms with E-state index in [9.17, 15) is 9.18 Å². The number of fused-ring (bicyclic) bond motifs is 1. The molecule has 0 spiro atoms. The molecule has 2 aromatic carbocycles. The van der Waals surface area contributed by atoms with Crippen LogP contribution in [-0.2, 0) is 19.5 Å². The van der Waals surface area contributed by atoms with Gasteiger partial charge in [0.2, 0.25) is 0 Å². The number of carbonyl (C=O) groups is 1. The summed E-state index contributed by atoms with van der Waals surface area (Å²) >= 11 is 0. The number of imidazole rings is 1. The van der Waals surface area contributed by atoms with Crippen molar-refractivity contribution in [3.8, 4) is 11.4 Å². The summed E-state index contributed by atoms with van der Waals surface area (Å²) in [5.41, 5.74) is 3.51. The van der Waals surface area contributed by atoms with Crippen LogP contribution in [0.2, 0.25) is 0 Å². The molecule has 4 rings (SSSR count). The second-order valence-electron chi connectivity index (χ2n) is 7.35. The fraction of sp³-hybridized carbons (Fsp3) is 0.304. The van der Waals surface area contributed by atoms with Gasteiger partial charge in [0.1, 0.15) is 17.3 Å². The van der Waals surface area contributed by atoms with Crippen molar-refractivity contribution in [2.75, 3.05) is 7.05 Å². The highest BCUT2D eigenvalue weighted by Gasteiger charge is 2.26. The van der Waals surface area contributed by atoms with E-state index in [-0.39, 0.29) is 11.7 Å².